The van der Waals surface area contributed by atoms with E-state index in [9.17, 15) is 5.11 Å². The molecule has 2 aromatic rings. The number of aliphatic hydroxyl groups is 1. The van der Waals surface area contributed by atoms with Gasteiger partial charge in [-0.15, -0.1) is 0 Å². The van der Waals surface area contributed by atoms with Crippen molar-refractivity contribution in [2.24, 2.45) is 0 Å². The average Bonchev–Trinajstić information content (AvgIpc) is 2.39. The lowest BCUT2D eigenvalue weighted by molar-refractivity contribution is 0.106. The molecule has 97 valence electrons. The molecule has 0 heterocycles. The molecule has 0 fully saturated rings. The summed E-state index contributed by atoms with van der Waals surface area (Å²) in [6.45, 7) is 3.64. The van der Waals surface area contributed by atoms with Crippen molar-refractivity contribution in [1.29, 1.82) is 0 Å². The third-order valence-corrected chi connectivity index (χ3v) is 6.78. The molecule has 0 aliphatic heterocycles. The highest BCUT2D eigenvalue weighted by atomic mass is 31.2. The van der Waals surface area contributed by atoms with Crippen molar-refractivity contribution in [2.45, 2.75) is 19.4 Å². The van der Waals surface area contributed by atoms with Gasteiger partial charge in [0.05, 0.1) is 5.60 Å². The topological polar surface area (TPSA) is 20.2 Å². The molecule has 3 radical (unpaired) electrons. The zero-order valence-corrected chi connectivity index (χ0v) is 12.3. The lowest BCUT2D eigenvalue weighted by Gasteiger charge is -2.40. The molecular weight excluding hydrogens is 250 g/mol. The molecule has 0 saturated heterocycles. The molecule has 1 nitrogen and oxygen atoms in total. The standard InChI is InChI=1S/C16H19BOP/c1-16(2,18)13-19(17,14-9-5-3-6-10-14)15-11-7-4-8-12-15/h3-12,18H,13H2,1-2H3. The van der Waals surface area contributed by atoms with Crippen molar-refractivity contribution < 1.29 is 5.11 Å². The zero-order chi connectivity index (χ0) is 13.9. The molecule has 0 bridgehead atoms. The fourth-order valence-corrected chi connectivity index (χ4v) is 5.62. The van der Waals surface area contributed by atoms with Gasteiger partial charge in [-0.25, -0.2) is 0 Å². The van der Waals surface area contributed by atoms with Gasteiger partial charge in [-0.05, 0) is 38.1 Å². The predicted octanol–water partition coefficient (Wildman–Crippen LogP) is 2.51. The van der Waals surface area contributed by atoms with Crippen LogP contribution in [0.25, 0.3) is 0 Å². The molecule has 2 aromatic carbocycles. The highest BCUT2D eigenvalue weighted by Crippen LogP contribution is 2.53. The fraction of sp³-hybridized carbons (Fsp3) is 0.250. The zero-order valence-electron chi connectivity index (χ0n) is 11.5. The van der Waals surface area contributed by atoms with Crippen molar-refractivity contribution in [3.63, 3.8) is 0 Å². The van der Waals surface area contributed by atoms with E-state index < -0.39 is 12.7 Å². The van der Waals surface area contributed by atoms with E-state index in [-0.39, 0.29) is 0 Å². The Labute approximate surface area is 117 Å². The summed E-state index contributed by atoms with van der Waals surface area (Å²) >= 11 is 0. The molecular formula is C16H19BOP. The maximum atomic E-state index is 10.2. The van der Waals surface area contributed by atoms with E-state index in [1.807, 2.05) is 50.2 Å². The summed E-state index contributed by atoms with van der Waals surface area (Å²) < 4.78 is 0. The van der Waals surface area contributed by atoms with E-state index in [2.05, 4.69) is 24.3 Å². The molecule has 0 spiro atoms. The first-order chi connectivity index (χ1) is 8.92. The Bertz CT molecular complexity index is 480. The quantitative estimate of drug-likeness (QED) is 0.668. The first kappa shape index (κ1) is 14.3. The van der Waals surface area contributed by atoms with Crippen molar-refractivity contribution in [2.75, 3.05) is 6.16 Å². The summed E-state index contributed by atoms with van der Waals surface area (Å²) in [5.41, 5.74) is -0.784. The van der Waals surface area contributed by atoms with Crippen molar-refractivity contribution >= 4 is 25.3 Å². The van der Waals surface area contributed by atoms with Crippen LogP contribution in [0.4, 0.5) is 0 Å². The molecule has 0 unspecified atom stereocenters. The third kappa shape index (κ3) is 3.46. The third-order valence-electron chi connectivity index (χ3n) is 3.07. The predicted molar refractivity (Wildman–Crippen MR) is 86.0 cm³/mol. The number of rotatable bonds is 4. The first-order valence-corrected chi connectivity index (χ1v) is 8.46. The van der Waals surface area contributed by atoms with E-state index in [1.165, 1.54) is 0 Å². The summed E-state index contributed by atoms with van der Waals surface area (Å²) in [7, 11) is 4.73. The molecule has 2 rings (SSSR count). The Kier molecular flexibility index (Phi) is 4.13. The Morgan fingerprint density at radius 2 is 1.26 bits per heavy atom. The molecule has 1 N–H and O–H groups in total. The minimum absolute atomic E-state index is 0.577. The van der Waals surface area contributed by atoms with Gasteiger partial charge >= 0.3 is 0 Å². The van der Waals surface area contributed by atoms with Gasteiger partial charge in [0.25, 0.3) is 0 Å². The Morgan fingerprint density at radius 3 is 1.58 bits per heavy atom. The van der Waals surface area contributed by atoms with Crippen LogP contribution < -0.4 is 10.6 Å². The Morgan fingerprint density at radius 1 is 0.895 bits per heavy atom. The lowest BCUT2D eigenvalue weighted by Crippen LogP contribution is -2.35. The van der Waals surface area contributed by atoms with Crippen LogP contribution in [0.3, 0.4) is 0 Å². The molecule has 0 saturated carbocycles. The molecule has 0 aliphatic carbocycles. The van der Waals surface area contributed by atoms with E-state index in [1.54, 1.807) is 0 Å². The maximum absolute atomic E-state index is 10.2. The van der Waals surface area contributed by atoms with Crippen molar-refractivity contribution in [1.82, 2.24) is 0 Å². The number of hydrogen-bond acceptors (Lipinski definition) is 1. The van der Waals surface area contributed by atoms with Crippen LogP contribution in [0.2, 0.25) is 0 Å². The van der Waals surface area contributed by atoms with E-state index >= 15 is 0 Å². The van der Waals surface area contributed by atoms with Gasteiger partial charge in [-0.1, -0.05) is 36.4 Å². The maximum Gasteiger partial charge on any atom is 0.0889 e. The average molecular weight is 269 g/mol. The fourth-order valence-electron chi connectivity index (χ4n) is 2.33. The monoisotopic (exact) mass is 269 g/mol. The van der Waals surface area contributed by atoms with Crippen LogP contribution in [0.15, 0.2) is 60.7 Å². The summed E-state index contributed by atoms with van der Waals surface area (Å²) in [4.78, 5) is 0. The smallest absolute Gasteiger partial charge is 0.0889 e. The first-order valence-electron chi connectivity index (χ1n) is 6.42. The summed E-state index contributed by atoms with van der Waals surface area (Å²) in [5.74, 6) is 0. The highest BCUT2D eigenvalue weighted by molar-refractivity contribution is 8.08. The highest BCUT2D eigenvalue weighted by Gasteiger charge is 2.31. The molecule has 0 amide bonds. The van der Waals surface area contributed by atoms with Crippen LogP contribution in [-0.4, -0.2) is 24.4 Å². The minimum atomic E-state index is -2.05. The summed E-state index contributed by atoms with van der Waals surface area (Å²) in [6.07, 6.45) is 0.577. The summed E-state index contributed by atoms with van der Waals surface area (Å²) in [6, 6.07) is 20.2. The van der Waals surface area contributed by atoms with Gasteiger partial charge in [0.15, 0.2) is 0 Å². The van der Waals surface area contributed by atoms with Crippen LogP contribution in [-0.2, 0) is 0 Å². The van der Waals surface area contributed by atoms with Crippen molar-refractivity contribution in [3.8, 4) is 0 Å². The number of hydrogen-bond donors (Lipinski definition) is 1. The van der Waals surface area contributed by atoms with E-state index in [0.29, 0.717) is 6.16 Å². The van der Waals surface area contributed by atoms with Crippen molar-refractivity contribution in [3.05, 3.63) is 60.7 Å². The second kappa shape index (κ2) is 5.49. The second-order valence-corrected chi connectivity index (χ2v) is 8.60. The molecule has 0 aromatic heterocycles. The Balaban J connectivity index is 2.51. The van der Waals surface area contributed by atoms with Gasteiger partial charge in [-0.2, -0.15) is 7.14 Å². The molecule has 0 atom stereocenters. The minimum Gasteiger partial charge on any atom is -0.387 e. The van der Waals surface area contributed by atoms with Gasteiger partial charge in [-0.3, -0.25) is 7.57 Å². The van der Waals surface area contributed by atoms with E-state index in [0.717, 1.165) is 10.6 Å². The van der Waals surface area contributed by atoms with Gasteiger partial charge in [0.2, 0.25) is 0 Å². The second-order valence-electron chi connectivity index (χ2n) is 5.51. The molecule has 0 aliphatic rings. The van der Waals surface area contributed by atoms with E-state index in [4.69, 9.17) is 7.57 Å². The molecule has 3 heteroatoms. The Hall–Kier alpha value is -1.11. The SMILES string of the molecule is [B-][P+](CC(C)(C)O)(c1ccccc1)c1ccccc1. The van der Waals surface area contributed by atoms with Gasteiger partial charge < -0.3 is 5.11 Å². The van der Waals surface area contributed by atoms with Crippen LogP contribution in [0, 0.1) is 0 Å². The van der Waals surface area contributed by atoms with Gasteiger partial charge in [0.1, 0.15) is 0 Å². The number of benzene rings is 2. The largest absolute Gasteiger partial charge is 0.387 e. The van der Waals surface area contributed by atoms with Crippen LogP contribution in [0.1, 0.15) is 13.8 Å². The molecule has 19 heavy (non-hydrogen) atoms. The van der Waals surface area contributed by atoms with Crippen LogP contribution >= 0.6 is 7.14 Å². The summed E-state index contributed by atoms with van der Waals surface area (Å²) in [5, 5.41) is 12.5. The van der Waals surface area contributed by atoms with Crippen LogP contribution in [0.5, 0.6) is 0 Å². The lowest BCUT2D eigenvalue weighted by atomic mass is 10.2. The van der Waals surface area contributed by atoms with Gasteiger partial charge in [0, 0.05) is 16.8 Å². The normalized spacial score (nSPS) is 12.4.